The molecule has 1 fully saturated rings. The van der Waals surface area contributed by atoms with Gasteiger partial charge in [0.15, 0.2) is 0 Å². The van der Waals surface area contributed by atoms with Gasteiger partial charge in [0.1, 0.15) is 6.54 Å². The first kappa shape index (κ1) is 18.2. The smallest absolute Gasteiger partial charge is 0.103 e. The molecule has 1 aliphatic heterocycles. The Bertz CT molecular complexity index is 766. The Kier molecular flexibility index (Phi) is 6.00. The van der Waals surface area contributed by atoms with Crippen LogP contribution in [0.25, 0.3) is 0 Å². The molecule has 0 spiro atoms. The molecule has 0 saturated carbocycles. The zero-order chi connectivity index (χ0) is 17.8. The highest BCUT2D eigenvalue weighted by molar-refractivity contribution is 6.36. The largest absolute Gasteiger partial charge is 0.328 e. The molecule has 1 aliphatic rings. The number of hydrogen-bond donors (Lipinski definition) is 1. The van der Waals surface area contributed by atoms with Crippen molar-refractivity contribution in [3.63, 3.8) is 0 Å². The third-order valence-corrected chi connectivity index (χ3v) is 5.27. The van der Waals surface area contributed by atoms with Crippen LogP contribution in [0.5, 0.6) is 0 Å². The molecule has 0 atom stereocenters. The zero-order valence-electron chi connectivity index (χ0n) is 14.7. The Labute approximate surface area is 159 Å². The fourth-order valence-corrected chi connectivity index (χ4v) is 3.62. The van der Waals surface area contributed by atoms with Crippen LogP contribution in [-0.2, 0) is 6.54 Å². The van der Waals surface area contributed by atoms with E-state index in [-0.39, 0.29) is 0 Å². The Morgan fingerprint density at radius 1 is 1.08 bits per heavy atom. The van der Waals surface area contributed by atoms with Gasteiger partial charge < -0.3 is 4.90 Å². The molecule has 2 aromatic carbocycles. The number of hydrazone groups is 1. The zero-order valence-corrected chi connectivity index (χ0v) is 16.2. The molecule has 2 aromatic rings. The summed E-state index contributed by atoms with van der Waals surface area (Å²) in [4.78, 5) is 1.61. The second kappa shape index (κ2) is 8.22. The Morgan fingerprint density at radius 3 is 2.52 bits per heavy atom. The molecule has 0 aliphatic carbocycles. The molecule has 3 rings (SSSR count). The van der Waals surface area contributed by atoms with Gasteiger partial charge in [-0.3, -0.25) is 5.01 Å². The molecule has 0 radical (unpaired) electrons. The van der Waals surface area contributed by atoms with Gasteiger partial charge in [-0.25, -0.2) is 0 Å². The first-order valence-electron chi connectivity index (χ1n) is 8.65. The van der Waals surface area contributed by atoms with Crippen molar-refractivity contribution in [1.29, 1.82) is 0 Å². The summed E-state index contributed by atoms with van der Waals surface area (Å²) < 4.78 is 0. The van der Waals surface area contributed by atoms with Crippen LogP contribution in [0, 0.1) is 13.8 Å². The Balaban J connectivity index is 1.54. The summed E-state index contributed by atoms with van der Waals surface area (Å²) in [6.45, 7) is 9.56. The lowest BCUT2D eigenvalue weighted by Gasteiger charge is -2.30. The molecule has 132 valence electrons. The highest BCUT2D eigenvalue weighted by atomic mass is 35.5. The fraction of sp³-hybridized carbons (Fsp3) is 0.350. The van der Waals surface area contributed by atoms with E-state index in [2.05, 4.69) is 42.2 Å². The summed E-state index contributed by atoms with van der Waals surface area (Å²) in [6, 6.07) is 12.2. The molecule has 0 unspecified atom stereocenters. The summed E-state index contributed by atoms with van der Waals surface area (Å²) in [5.41, 5.74) is 5.07. The second-order valence-electron chi connectivity index (χ2n) is 6.72. The van der Waals surface area contributed by atoms with Crippen molar-refractivity contribution in [1.82, 2.24) is 5.01 Å². The van der Waals surface area contributed by atoms with E-state index in [1.54, 1.807) is 11.0 Å². The fourth-order valence-electron chi connectivity index (χ4n) is 3.17. The topological polar surface area (TPSA) is 20.0 Å². The standard InChI is InChI=1S/C20H23Cl2N3/c1-15-3-4-18(16(2)11-15)14-24-7-9-25(10-8-24)23-13-17-5-6-19(21)12-20(17)22/h3-6,11-13H,7-10,14H2,1-2H3/p+1/b23-13-. The summed E-state index contributed by atoms with van der Waals surface area (Å²) in [6.07, 6.45) is 1.83. The van der Waals surface area contributed by atoms with Crippen LogP contribution in [-0.4, -0.2) is 37.4 Å². The SMILES string of the molecule is Cc1ccc(C[NH+]2CCN(/N=C\c3ccc(Cl)cc3Cl)CC2)c(C)c1. The number of benzene rings is 2. The minimum Gasteiger partial charge on any atom is -0.328 e. The van der Waals surface area contributed by atoms with Gasteiger partial charge in [0.25, 0.3) is 0 Å². The van der Waals surface area contributed by atoms with E-state index < -0.39 is 0 Å². The summed E-state index contributed by atoms with van der Waals surface area (Å²) in [7, 11) is 0. The van der Waals surface area contributed by atoms with E-state index in [1.807, 2.05) is 18.3 Å². The van der Waals surface area contributed by atoms with Crippen molar-refractivity contribution in [2.75, 3.05) is 26.2 Å². The van der Waals surface area contributed by atoms with Gasteiger partial charge in [0, 0.05) is 16.1 Å². The third-order valence-electron chi connectivity index (χ3n) is 4.71. The molecule has 25 heavy (non-hydrogen) atoms. The molecular formula is C20H24Cl2N3+. The predicted octanol–water partition coefficient (Wildman–Crippen LogP) is 3.34. The van der Waals surface area contributed by atoms with Crippen molar-refractivity contribution in [2.24, 2.45) is 5.10 Å². The van der Waals surface area contributed by atoms with Crippen LogP contribution in [0.15, 0.2) is 41.5 Å². The van der Waals surface area contributed by atoms with Crippen LogP contribution in [0.1, 0.15) is 22.3 Å². The number of piperazine rings is 1. The number of hydrogen-bond acceptors (Lipinski definition) is 2. The quantitative estimate of drug-likeness (QED) is 0.811. The van der Waals surface area contributed by atoms with Crippen molar-refractivity contribution in [3.05, 3.63) is 68.7 Å². The van der Waals surface area contributed by atoms with Crippen LogP contribution in [0.3, 0.4) is 0 Å². The van der Waals surface area contributed by atoms with Crippen LogP contribution < -0.4 is 4.90 Å². The van der Waals surface area contributed by atoms with Gasteiger partial charge in [-0.15, -0.1) is 0 Å². The Hall–Kier alpha value is -1.55. The lowest BCUT2D eigenvalue weighted by molar-refractivity contribution is -0.918. The average Bonchev–Trinajstić information content (AvgIpc) is 2.58. The van der Waals surface area contributed by atoms with E-state index >= 15 is 0 Å². The van der Waals surface area contributed by atoms with Gasteiger partial charge in [0.2, 0.25) is 0 Å². The van der Waals surface area contributed by atoms with Crippen molar-refractivity contribution in [2.45, 2.75) is 20.4 Å². The van der Waals surface area contributed by atoms with E-state index in [0.717, 1.165) is 38.3 Å². The summed E-state index contributed by atoms with van der Waals surface area (Å²) in [5.74, 6) is 0. The molecule has 0 aromatic heterocycles. The van der Waals surface area contributed by atoms with E-state index in [0.29, 0.717) is 10.0 Å². The molecule has 0 bridgehead atoms. The van der Waals surface area contributed by atoms with Gasteiger partial charge in [-0.1, -0.05) is 53.0 Å². The maximum absolute atomic E-state index is 6.19. The first-order chi connectivity index (χ1) is 12.0. The third kappa shape index (κ3) is 4.97. The molecule has 1 heterocycles. The predicted molar refractivity (Wildman–Crippen MR) is 106 cm³/mol. The summed E-state index contributed by atoms with van der Waals surface area (Å²) in [5, 5.41) is 7.98. The maximum Gasteiger partial charge on any atom is 0.103 e. The average molecular weight is 377 g/mol. The number of halogens is 2. The number of aryl methyl sites for hydroxylation is 2. The van der Waals surface area contributed by atoms with Gasteiger partial charge >= 0.3 is 0 Å². The van der Waals surface area contributed by atoms with Crippen molar-refractivity contribution < 1.29 is 4.90 Å². The molecular weight excluding hydrogens is 353 g/mol. The number of rotatable bonds is 4. The summed E-state index contributed by atoms with van der Waals surface area (Å²) >= 11 is 12.1. The minimum absolute atomic E-state index is 0.635. The maximum atomic E-state index is 6.19. The van der Waals surface area contributed by atoms with Gasteiger partial charge in [-0.2, -0.15) is 5.10 Å². The molecule has 5 heteroatoms. The first-order valence-corrected chi connectivity index (χ1v) is 9.40. The number of quaternary nitrogens is 1. The molecule has 0 amide bonds. The van der Waals surface area contributed by atoms with E-state index in [4.69, 9.17) is 23.2 Å². The van der Waals surface area contributed by atoms with Crippen molar-refractivity contribution >= 4 is 29.4 Å². The minimum atomic E-state index is 0.635. The normalized spacial score (nSPS) is 15.9. The Morgan fingerprint density at radius 2 is 1.84 bits per heavy atom. The second-order valence-corrected chi connectivity index (χ2v) is 7.56. The monoisotopic (exact) mass is 376 g/mol. The number of nitrogens with zero attached hydrogens (tertiary/aromatic N) is 2. The van der Waals surface area contributed by atoms with Crippen molar-refractivity contribution in [3.8, 4) is 0 Å². The lowest BCUT2D eigenvalue weighted by atomic mass is 10.1. The van der Waals surface area contributed by atoms with Gasteiger partial charge in [0.05, 0.1) is 37.4 Å². The molecule has 1 N–H and O–H groups in total. The highest BCUT2D eigenvalue weighted by Gasteiger charge is 2.19. The molecule has 3 nitrogen and oxygen atoms in total. The van der Waals surface area contributed by atoms with Crippen LogP contribution in [0.2, 0.25) is 10.0 Å². The number of nitrogens with one attached hydrogen (secondary N) is 1. The van der Waals surface area contributed by atoms with Crippen LogP contribution >= 0.6 is 23.2 Å². The lowest BCUT2D eigenvalue weighted by Crippen LogP contribution is -3.13. The van der Waals surface area contributed by atoms with E-state index in [9.17, 15) is 0 Å². The van der Waals surface area contributed by atoms with E-state index in [1.165, 1.54) is 16.7 Å². The van der Waals surface area contributed by atoms with Crippen LogP contribution in [0.4, 0.5) is 0 Å². The highest BCUT2D eigenvalue weighted by Crippen LogP contribution is 2.19. The van der Waals surface area contributed by atoms with Gasteiger partial charge in [-0.05, 0) is 31.5 Å². The molecule has 1 saturated heterocycles.